The third kappa shape index (κ3) is 2.01. The van der Waals surface area contributed by atoms with E-state index < -0.39 is 11.7 Å². The topological polar surface area (TPSA) is 12.0 Å². The minimum Gasteiger partial charge on any atom is -0.381 e. The molecule has 1 atom stereocenters. The summed E-state index contributed by atoms with van der Waals surface area (Å²) in [5, 5.41) is 3.11. The summed E-state index contributed by atoms with van der Waals surface area (Å²) < 4.78 is 38.6. The molecule has 1 fully saturated rings. The van der Waals surface area contributed by atoms with E-state index in [1.54, 1.807) is 6.07 Å². The molecule has 1 unspecified atom stereocenters. The number of para-hydroxylation sites is 1. The van der Waals surface area contributed by atoms with Crippen LogP contribution in [0.4, 0.5) is 18.9 Å². The third-order valence-electron chi connectivity index (χ3n) is 3.70. The maximum atomic E-state index is 12.9. The van der Waals surface area contributed by atoms with Gasteiger partial charge in [0.2, 0.25) is 0 Å². The molecule has 1 aliphatic heterocycles. The summed E-state index contributed by atoms with van der Waals surface area (Å²) in [7, 11) is 0. The van der Waals surface area contributed by atoms with Crippen molar-refractivity contribution in [3.63, 3.8) is 0 Å². The molecular formula is C13H14F3N. The van der Waals surface area contributed by atoms with E-state index in [4.69, 9.17) is 0 Å². The molecule has 1 aliphatic carbocycles. The average Bonchev–Trinajstić information content (AvgIpc) is 3.10. The monoisotopic (exact) mass is 241 g/mol. The molecule has 0 bridgehead atoms. The van der Waals surface area contributed by atoms with Crippen molar-refractivity contribution >= 4 is 5.69 Å². The fourth-order valence-corrected chi connectivity index (χ4v) is 2.64. The normalized spacial score (nSPS) is 24.1. The molecule has 1 heterocycles. The first kappa shape index (κ1) is 10.9. The van der Waals surface area contributed by atoms with Crippen molar-refractivity contribution in [2.24, 2.45) is 5.92 Å². The van der Waals surface area contributed by atoms with E-state index >= 15 is 0 Å². The van der Waals surface area contributed by atoms with Gasteiger partial charge in [0.1, 0.15) is 0 Å². The molecule has 3 rings (SSSR count). The van der Waals surface area contributed by atoms with Crippen molar-refractivity contribution in [1.29, 1.82) is 0 Å². The van der Waals surface area contributed by atoms with Crippen LogP contribution in [-0.2, 0) is 12.6 Å². The van der Waals surface area contributed by atoms with Crippen molar-refractivity contribution in [3.05, 3.63) is 29.3 Å². The van der Waals surface area contributed by atoms with Crippen LogP contribution in [-0.4, -0.2) is 6.04 Å². The molecule has 92 valence electrons. The Morgan fingerprint density at radius 3 is 2.53 bits per heavy atom. The predicted octanol–water partition coefficient (Wildman–Crippen LogP) is 3.84. The number of hydrogen-bond donors (Lipinski definition) is 1. The Bertz CT molecular complexity index is 435. The van der Waals surface area contributed by atoms with Gasteiger partial charge in [0.25, 0.3) is 0 Å². The molecule has 0 saturated heterocycles. The molecule has 0 spiro atoms. The molecule has 0 amide bonds. The standard InChI is InChI=1S/C13H14F3N/c14-13(15,16)10-3-1-2-9-6-7-11(8-4-5-8)17-12(9)10/h1-3,8,11,17H,4-7H2. The van der Waals surface area contributed by atoms with Gasteiger partial charge in [-0.1, -0.05) is 12.1 Å². The van der Waals surface area contributed by atoms with Crippen LogP contribution in [0.2, 0.25) is 0 Å². The Labute approximate surface area is 98.0 Å². The molecular weight excluding hydrogens is 227 g/mol. The largest absolute Gasteiger partial charge is 0.418 e. The second-order valence-electron chi connectivity index (χ2n) is 4.96. The number of nitrogens with one attached hydrogen (secondary N) is 1. The smallest absolute Gasteiger partial charge is 0.381 e. The van der Waals surface area contributed by atoms with Crippen LogP contribution in [0.25, 0.3) is 0 Å². The highest BCUT2D eigenvalue weighted by Crippen LogP contribution is 2.43. The summed E-state index contributed by atoms with van der Waals surface area (Å²) in [6.45, 7) is 0. The van der Waals surface area contributed by atoms with E-state index in [0.717, 1.165) is 31.2 Å². The van der Waals surface area contributed by atoms with Gasteiger partial charge in [0.05, 0.1) is 5.56 Å². The Kier molecular flexibility index (Phi) is 2.35. The van der Waals surface area contributed by atoms with Crippen LogP contribution in [0, 0.1) is 5.92 Å². The first-order valence-electron chi connectivity index (χ1n) is 6.01. The number of rotatable bonds is 1. The van der Waals surface area contributed by atoms with Gasteiger partial charge in [-0.2, -0.15) is 13.2 Å². The first-order valence-corrected chi connectivity index (χ1v) is 6.01. The number of anilines is 1. The van der Waals surface area contributed by atoms with Crippen molar-refractivity contribution < 1.29 is 13.2 Å². The number of hydrogen-bond acceptors (Lipinski definition) is 1. The number of alkyl halides is 3. The summed E-state index contributed by atoms with van der Waals surface area (Å²) in [6, 6.07) is 4.70. The van der Waals surface area contributed by atoms with Crippen molar-refractivity contribution in [2.75, 3.05) is 5.32 Å². The van der Waals surface area contributed by atoms with Crippen molar-refractivity contribution in [3.8, 4) is 0 Å². The van der Waals surface area contributed by atoms with Gasteiger partial charge >= 0.3 is 6.18 Å². The predicted molar refractivity (Wildman–Crippen MR) is 59.9 cm³/mol. The minimum atomic E-state index is -4.26. The van der Waals surface area contributed by atoms with Gasteiger partial charge in [-0.25, -0.2) is 0 Å². The van der Waals surface area contributed by atoms with E-state index in [1.807, 2.05) is 0 Å². The zero-order valence-electron chi connectivity index (χ0n) is 9.35. The Morgan fingerprint density at radius 2 is 1.88 bits per heavy atom. The molecule has 4 heteroatoms. The van der Waals surface area contributed by atoms with Gasteiger partial charge < -0.3 is 5.32 Å². The number of benzene rings is 1. The van der Waals surface area contributed by atoms with Crippen LogP contribution in [0.1, 0.15) is 30.4 Å². The summed E-state index contributed by atoms with van der Waals surface area (Å²) in [5.41, 5.74) is 0.611. The fraction of sp³-hybridized carbons (Fsp3) is 0.538. The highest BCUT2D eigenvalue weighted by Gasteiger charge is 2.39. The van der Waals surface area contributed by atoms with Gasteiger partial charge in [-0.15, -0.1) is 0 Å². The first-order chi connectivity index (χ1) is 8.05. The van der Waals surface area contributed by atoms with Crippen LogP contribution >= 0.6 is 0 Å². The summed E-state index contributed by atoms with van der Waals surface area (Å²) in [4.78, 5) is 0. The quantitative estimate of drug-likeness (QED) is 0.787. The minimum absolute atomic E-state index is 0.242. The maximum Gasteiger partial charge on any atom is 0.418 e. The molecule has 1 aromatic rings. The highest BCUT2D eigenvalue weighted by molar-refractivity contribution is 5.61. The van der Waals surface area contributed by atoms with E-state index in [9.17, 15) is 13.2 Å². The molecule has 0 aromatic heterocycles. The summed E-state index contributed by atoms with van der Waals surface area (Å²) in [6.07, 6.45) is -0.238. The molecule has 1 aromatic carbocycles. The Balaban J connectivity index is 1.97. The molecule has 2 aliphatic rings. The lowest BCUT2D eigenvalue weighted by Gasteiger charge is -2.29. The van der Waals surface area contributed by atoms with Gasteiger partial charge in [-0.05, 0) is 43.2 Å². The van der Waals surface area contributed by atoms with Crippen LogP contribution < -0.4 is 5.32 Å². The number of aryl methyl sites for hydroxylation is 1. The summed E-state index contributed by atoms with van der Waals surface area (Å²) >= 11 is 0. The molecule has 1 N–H and O–H groups in total. The van der Waals surface area contributed by atoms with Crippen molar-refractivity contribution in [1.82, 2.24) is 0 Å². The van der Waals surface area contributed by atoms with Gasteiger partial charge in [0, 0.05) is 11.7 Å². The van der Waals surface area contributed by atoms with Crippen LogP contribution in [0.15, 0.2) is 18.2 Å². The van der Waals surface area contributed by atoms with Gasteiger partial charge in [0.15, 0.2) is 0 Å². The third-order valence-corrected chi connectivity index (χ3v) is 3.70. The van der Waals surface area contributed by atoms with Gasteiger partial charge in [-0.3, -0.25) is 0 Å². The fourth-order valence-electron chi connectivity index (χ4n) is 2.64. The zero-order valence-corrected chi connectivity index (χ0v) is 9.35. The molecule has 1 saturated carbocycles. The molecule has 17 heavy (non-hydrogen) atoms. The van der Waals surface area contributed by atoms with E-state index in [1.165, 1.54) is 12.1 Å². The Hall–Kier alpha value is -1.19. The second-order valence-corrected chi connectivity index (χ2v) is 4.96. The SMILES string of the molecule is FC(F)(F)c1cccc2c1NC(C1CC1)CC2. The maximum absolute atomic E-state index is 12.9. The second kappa shape index (κ2) is 3.65. The lowest BCUT2D eigenvalue weighted by Crippen LogP contribution is -2.29. The van der Waals surface area contributed by atoms with Crippen LogP contribution in [0.5, 0.6) is 0 Å². The number of halogens is 3. The lowest BCUT2D eigenvalue weighted by molar-refractivity contribution is -0.137. The highest BCUT2D eigenvalue weighted by atomic mass is 19.4. The van der Waals surface area contributed by atoms with E-state index in [-0.39, 0.29) is 6.04 Å². The molecule has 0 radical (unpaired) electrons. The molecule has 1 nitrogen and oxygen atoms in total. The lowest BCUT2D eigenvalue weighted by atomic mass is 9.93. The zero-order chi connectivity index (χ0) is 12.0. The van der Waals surface area contributed by atoms with E-state index in [0.29, 0.717) is 11.6 Å². The van der Waals surface area contributed by atoms with E-state index in [2.05, 4.69) is 5.32 Å². The van der Waals surface area contributed by atoms with Crippen LogP contribution in [0.3, 0.4) is 0 Å². The number of fused-ring (bicyclic) bond motifs is 1. The Morgan fingerprint density at radius 1 is 1.12 bits per heavy atom. The van der Waals surface area contributed by atoms with Crippen molar-refractivity contribution in [2.45, 2.75) is 37.9 Å². The average molecular weight is 241 g/mol. The summed E-state index contributed by atoms with van der Waals surface area (Å²) in [5.74, 6) is 0.587.